The molecule has 1 N–H and O–H groups in total. The van der Waals surface area contributed by atoms with E-state index in [1.807, 2.05) is 13.1 Å². The van der Waals surface area contributed by atoms with E-state index in [9.17, 15) is 0 Å². The average molecular weight is 204 g/mol. The van der Waals surface area contributed by atoms with E-state index in [0.29, 0.717) is 10.0 Å². The van der Waals surface area contributed by atoms with Crippen LogP contribution in [0.1, 0.15) is 12.5 Å². The largest absolute Gasteiger partial charge is 0.387 e. The monoisotopic (exact) mass is 203 g/mol. The summed E-state index contributed by atoms with van der Waals surface area (Å²) in [6.07, 6.45) is 0.927. The molecule has 0 radical (unpaired) electrons. The van der Waals surface area contributed by atoms with Crippen molar-refractivity contribution in [2.24, 2.45) is 0 Å². The first-order chi connectivity index (χ1) is 5.69. The third kappa shape index (κ3) is 1.85. The molecule has 0 atom stereocenters. The molecule has 1 rings (SSSR count). The Morgan fingerprint density at radius 2 is 2.00 bits per heavy atom. The Hall–Kier alpha value is -0.400. The summed E-state index contributed by atoms with van der Waals surface area (Å²) in [7, 11) is 1.86. The second-order valence-electron chi connectivity index (χ2n) is 2.53. The van der Waals surface area contributed by atoms with Crippen LogP contribution in [-0.4, -0.2) is 7.05 Å². The lowest BCUT2D eigenvalue weighted by molar-refractivity contribution is 1.14. The van der Waals surface area contributed by atoms with Crippen molar-refractivity contribution >= 4 is 28.9 Å². The fourth-order valence-corrected chi connectivity index (χ4v) is 1.82. The second kappa shape index (κ2) is 4.01. The van der Waals surface area contributed by atoms with E-state index < -0.39 is 0 Å². The van der Waals surface area contributed by atoms with Crippen LogP contribution in [0.3, 0.4) is 0 Å². The van der Waals surface area contributed by atoms with Gasteiger partial charge in [0.05, 0.1) is 10.7 Å². The van der Waals surface area contributed by atoms with Crippen molar-refractivity contribution in [3.63, 3.8) is 0 Å². The van der Waals surface area contributed by atoms with Gasteiger partial charge in [-0.3, -0.25) is 0 Å². The van der Waals surface area contributed by atoms with Crippen molar-refractivity contribution in [1.29, 1.82) is 0 Å². The van der Waals surface area contributed by atoms with Gasteiger partial charge < -0.3 is 5.32 Å². The summed E-state index contributed by atoms with van der Waals surface area (Å²) in [5, 5.41) is 4.42. The molecule has 0 fully saturated rings. The van der Waals surface area contributed by atoms with E-state index in [-0.39, 0.29) is 0 Å². The lowest BCUT2D eigenvalue weighted by Gasteiger charge is -2.09. The Morgan fingerprint density at radius 1 is 1.33 bits per heavy atom. The highest BCUT2D eigenvalue weighted by atomic mass is 35.5. The molecule has 12 heavy (non-hydrogen) atoms. The van der Waals surface area contributed by atoms with Gasteiger partial charge in [-0.1, -0.05) is 30.1 Å². The van der Waals surface area contributed by atoms with Gasteiger partial charge in [0, 0.05) is 12.1 Å². The quantitative estimate of drug-likeness (QED) is 0.775. The minimum atomic E-state index is 0.682. The summed E-state index contributed by atoms with van der Waals surface area (Å²) in [6.45, 7) is 2.07. The maximum absolute atomic E-state index is 5.97. The first-order valence-electron chi connectivity index (χ1n) is 3.84. The fraction of sp³-hybridized carbons (Fsp3) is 0.333. The Kier molecular flexibility index (Phi) is 3.24. The Balaban J connectivity index is 3.24. The van der Waals surface area contributed by atoms with Gasteiger partial charge in [0.1, 0.15) is 0 Å². The second-order valence-corrected chi connectivity index (χ2v) is 3.37. The Labute approximate surface area is 82.7 Å². The number of hydrogen-bond acceptors (Lipinski definition) is 1. The predicted octanol–water partition coefficient (Wildman–Crippen LogP) is 3.60. The van der Waals surface area contributed by atoms with Crippen molar-refractivity contribution < 1.29 is 0 Å². The molecule has 0 aromatic heterocycles. The van der Waals surface area contributed by atoms with Crippen LogP contribution in [0.15, 0.2) is 12.1 Å². The SMILES string of the molecule is CCc1cc(Cl)cc(Cl)c1NC. The third-order valence-corrected chi connectivity index (χ3v) is 2.28. The highest BCUT2D eigenvalue weighted by Gasteiger charge is 2.05. The zero-order valence-electron chi connectivity index (χ0n) is 7.12. The van der Waals surface area contributed by atoms with Gasteiger partial charge in [-0.05, 0) is 24.1 Å². The molecule has 0 heterocycles. The van der Waals surface area contributed by atoms with Crippen molar-refractivity contribution in [3.8, 4) is 0 Å². The van der Waals surface area contributed by atoms with Crippen LogP contribution in [0.2, 0.25) is 10.0 Å². The summed E-state index contributed by atoms with van der Waals surface area (Å²) < 4.78 is 0. The van der Waals surface area contributed by atoms with E-state index in [1.54, 1.807) is 6.07 Å². The molecule has 0 saturated heterocycles. The summed E-state index contributed by atoms with van der Waals surface area (Å²) >= 11 is 11.8. The molecule has 1 aromatic carbocycles. The molecule has 0 aliphatic rings. The molecule has 1 aromatic rings. The average Bonchev–Trinajstić information content (AvgIpc) is 2.03. The Bertz CT molecular complexity index is 284. The number of hydrogen-bond donors (Lipinski definition) is 1. The third-order valence-electron chi connectivity index (χ3n) is 1.77. The molecule has 0 unspecified atom stereocenters. The van der Waals surface area contributed by atoms with Gasteiger partial charge in [0.15, 0.2) is 0 Å². The van der Waals surface area contributed by atoms with E-state index in [2.05, 4.69) is 12.2 Å². The summed E-state index contributed by atoms with van der Waals surface area (Å²) in [5.74, 6) is 0. The number of rotatable bonds is 2. The van der Waals surface area contributed by atoms with Crippen LogP contribution in [0.4, 0.5) is 5.69 Å². The van der Waals surface area contributed by atoms with Crippen LogP contribution in [-0.2, 0) is 6.42 Å². The summed E-state index contributed by atoms with van der Waals surface area (Å²) in [5.41, 5.74) is 2.12. The lowest BCUT2D eigenvalue weighted by atomic mass is 10.1. The van der Waals surface area contributed by atoms with Crippen LogP contribution in [0.25, 0.3) is 0 Å². The number of aryl methyl sites for hydroxylation is 1. The topological polar surface area (TPSA) is 12.0 Å². The summed E-state index contributed by atoms with van der Waals surface area (Å²) in [4.78, 5) is 0. The number of halogens is 2. The lowest BCUT2D eigenvalue weighted by Crippen LogP contribution is -1.95. The highest BCUT2D eigenvalue weighted by Crippen LogP contribution is 2.29. The van der Waals surface area contributed by atoms with Gasteiger partial charge in [0.2, 0.25) is 0 Å². The molecule has 3 heteroatoms. The van der Waals surface area contributed by atoms with E-state index >= 15 is 0 Å². The van der Waals surface area contributed by atoms with Crippen LogP contribution >= 0.6 is 23.2 Å². The van der Waals surface area contributed by atoms with Crippen molar-refractivity contribution in [2.45, 2.75) is 13.3 Å². The van der Waals surface area contributed by atoms with Gasteiger partial charge >= 0.3 is 0 Å². The van der Waals surface area contributed by atoms with E-state index in [4.69, 9.17) is 23.2 Å². The van der Waals surface area contributed by atoms with E-state index in [1.165, 1.54) is 0 Å². The molecular formula is C9H11Cl2N. The standard InChI is InChI=1S/C9H11Cl2N/c1-3-6-4-7(10)5-8(11)9(6)12-2/h4-5,12H,3H2,1-2H3. The smallest absolute Gasteiger partial charge is 0.0655 e. The molecule has 0 bridgehead atoms. The molecule has 66 valence electrons. The van der Waals surface area contributed by atoms with Crippen molar-refractivity contribution in [1.82, 2.24) is 0 Å². The molecule has 1 nitrogen and oxygen atoms in total. The molecule has 0 aliphatic heterocycles. The first-order valence-corrected chi connectivity index (χ1v) is 4.60. The minimum absolute atomic E-state index is 0.682. The first kappa shape index (κ1) is 9.69. The number of nitrogens with one attached hydrogen (secondary N) is 1. The van der Waals surface area contributed by atoms with Crippen LogP contribution < -0.4 is 5.32 Å². The fourth-order valence-electron chi connectivity index (χ4n) is 1.19. The zero-order chi connectivity index (χ0) is 9.14. The van der Waals surface area contributed by atoms with Gasteiger partial charge in [-0.15, -0.1) is 0 Å². The number of benzene rings is 1. The highest BCUT2D eigenvalue weighted by molar-refractivity contribution is 6.36. The van der Waals surface area contributed by atoms with Crippen molar-refractivity contribution in [3.05, 3.63) is 27.7 Å². The normalized spacial score (nSPS) is 10.0. The number of anilines is 1. The van der Waals surface area contributed by atoms with E-state index in [0.717, 1.165) is 17.7 Å². The summed E-state index contributed by atoms with van der Waals surface area (Å²) in [6, 6.07) is 3.67. The molecule has 0 saturated carbocycles. The van der Waals surface area contributed by atoms with Gasteiger partial charge in [-0.2, -0.15) is 0 Å². The van der Waals surface area contributed by atoms with Gasteiger partial charge in [0.25, 0.3) is 0 Å². The molecule has 0 aliphatic carbocycles. The molecule has 0 spiro atoms. The maximum Gasteiger partial charge on any atom is 0.0655 e. The van der Waals surface area contributed by atoms with Crippen molar-refractivity contribution in [2.75, 3.05) is 12.4 Å². The molecular weight excluding hydrogens is 193 g/mol. The van der Waals surface area contributed by atoms with Gasteiger partial charge in [-0.25, -0.2) is 0 Å². The van der Waals surface area contributed by atoms with Crippen LogP contribution in [0.5, 0.6) is 0 Å². The molecule has 0 amide bonds. The van der Waals surface area contributed by atoms with Crippen LogP contribution in [0, 0.1) is 0 Å². The zero-order valence-corrected chi connectivity index (χ0v) is 8.63. The minimum Gasteiger partial charge on any atom is -0.387 e. The predicted molar refractivity (Wildman–Crippen MR) is 55.4 cm³/mol. The maximum atomic E-state index is 5.97. The Morgan fingerprint density at radius 3 is 2.50 bits per heavy atom.